The first-order valence-corrected chi connectivity index (χ1v) is 6.97. The van der Waals surface area contributed by atoms with E-state index in [2.05, 4.69) is 34.2 Å². The molecule has 1 N–H and O–H groups in total. The average Bonchev–Trinajstić information content (AvgIpc) is 2.40. The summed E-state index contributed by atoms with van der Waals surface area (Å²) >= 11 is 5.91. The van der Waals surface area contributed by atoms with Crippen LogP contribution in [0.1, 0.15) is 6.92 Å². The number of piperazine rings is 1. The van der Waals surface area contributed by atoms with Crippen molar-refractivity contribution >= 4 is 17.3 Å². The van der Waals surface area contributed by atoms with Crippen LogP contribution in [0.2, 0.25) is 5.02 Å². The topological polar surface area (TPSA) is 18.5 Å². The van der Waals surface area contributed by atoms with E-state index >= 15 is 0 Å². The van der Waals surface area contributed by atoms with Gasteiger partial charge in [-0.15, -0.1) is 0 Å². The zero-order chi connectivity index (χ0) is 13.0. The molecule has 4 heteroatoms. The minimum Gasteiger partial charge on any atom is -0.369 e. The van der Waals surface area contributed by atoms with Crippen molar-refractivity contribution in [3.05, 3.63) is 29.3 Å². The molecule has 0 amide bonds. The van der Waals surface area contributed by atoms with Gasteiger partial charge in [0, 0.05) is 49.5 Å². The number of anilines is 1. The average molecular weight is 268 g/mol. The lowest BCUT2D eigenvalue weighted by atomic mass is 10.2. The molecule has 0 aliphatic carbocycles. The van der Waals surface area contributed by atoms with Gasteiger partial charge in [-0.05, 0) is 38.2 Å². The summed E-state index contributed by atoms with van der Waals surface area (Å²) in [6.45, 7) is 7.82. The van der Waals surface area contributed by atoms with Gasteiger partial charge in [0.25, 0.3) is 0 Å². The van der Waals surface area contributed by atoms with Crippen LogP contribution >= 0.6 is 11.6 Å². The molecule has 0 saturated carbocycles. The summed E-state index contributed by atoms with van der Waals surface area (Å²) in [4.78, 5) is 4.95. The zero-order valence-electron chi connectivity index (χ0n) is 11.2. The maximum absolute atomic E-state index is 5.91. The number of nitrogens with zero attached hydrogens (tertiary/aromatic N) is 2. The third kappa shape index (κ3) is 3.61. The van der Waals surface area contributed by atoms with E-state index in [0.717, 1.165) is 37.7 Å². The fourth-order valence-electron chi connectivity index (χ4n) is 2.32. The fourth-order valence-corrected chi connectivity index (χ4v) is 2.45. The minimum atomic E-state index is 0.562. The van der Waals surface area contributed by atoms with Crippen LogP contribution in [0.25, 0.3) is 0 Å². The van der Waals surface area contributed by atoms with Crippen LogP contribution in [-0.2, 0) is 0 Å². The second-order valence-electron chi connectivity index (χ2n) is 4.95. The van der Waals surface area contributed by atoms with Gasteiger partial charge in [0.1, 0.15) is 0 Å². The molecule has 1 aliphatic heterocycles. The smallest absolute Gasteiger partial charge is 0.0407 e. The number of hydrogen-bond acceptors (Lipinski definition) is 3. The quantitative estimate of drug-likeness (QED) is 0.901. The molecule has 1 aromatic carbocycles. The van der Waals surface area contributed by atoms with Crippen LogP contribution in [-0.4, -0.2) is 50.7 Å². The van der Waals surface area contributed by atoms with E-state index in [1.807, 2.05) is 19.2 Å². The van der Waals surface area contributed by atoms with E-state index in [4.69, 9.17) is 11.6 Å². The minimum absolute atomic E-state index is 0.562. The van der Waals surface area contributed by atoms with Crippen molar-refractivity contribution in [1.82, 2.24) is 10.2 Å². The molecule has 1 unspecified atom stereocenters. The lowest BCUT2D eigenvalue weighted by Crippen LogP contribution is -2.49. The predicted octanol–water partition coefficient (Wildman–Crippen LogP) is 2.07. The number of benzene rings is 1. The van der Waals surface area contributed by atoms with E-state index < -0.39 is 0 Å². The lowest BCUT2D eigenvalue weighted by molar-refractivity contribution is 0.237. The van der Waals surface area contributed by atoms with E-state index in [-0.39, 0.29) is 0 Å². The molecule has 1 aromatic rings. The van der Waals surface area contributed by atoms with Crippen molar-refractivity contribution in [1.29, 1.82) is 0 Å². The van der Waals surface area contributed by atoms with Crippen LogP contribution in [0.4, 0.5) is 5.69 Å². The van der Waals surface area contributed by atoms with Crippen LogP contribution in [0.15, 0.2) is 24.3 Å². The summed E-state index contributed by atoms with van der Waals surface area (Å²) in [5.41, 5.74) is 1.28. The molecule has 1 atom stereocenters. The van der Waals surface area contributed by atoms with Crippen molar-refractivity contribution in [3.8, 4) is 0 Å². The molecule has 0 bridgehead atoms. The van der Waals surface area contributed by atoms with E-state index in [1.54, 1.807) is 0 Å². The van der Waals surface area contributed by atoms with Crippen LogP contribution in [0.5, 0.6) is 0 Å². The predicted molar refractivity (Wildman–Crippen MR) is 78.6 cm³/mol. The first-order chi connectivity index (χ1) is 8.69. The number of nitrogens with one attached hydrogen (secondary N) is 1. The largest absolute Gasteiger partial charge is 0.369 e. The molecule has 1 fully saturated rings. The lowest BCUT2D eigenvalue weighted by Gasteiger charge is -2.37. The zero-order valence-corrected chi connectivity index (χ0v) is 12.0. The highest BCUT2D eigenvalue weighted by Crippen LogP contribution is 2.19. The van der Waals surface area contributed by atoms with Gasteiger partial charge in [0.15, 0.2) is 0 Å². The van der Waals surface area contributed by atoms with Crippen molar-refractivity contribution in [2.75, 3.05) is 44.7 Å². The first-order valence-electron chi connectivity index (χ1n) is 6.59. The van der Waals surface area contributed by atoms with Gasteiger partial charge in [-0.25, -0.2) is 0 Å². The SMILES string of the molecule is CNC(C)CN1CCN(c2ccc(Cl)cc2)CC1. The number of hydrogen-bond donors (Lipinski definition) is 1. The summed E-state index contributed by atoms with van der Waals surface area (Å²) in [5, 5.41) is 4.10. The summed E-state index contributed by atoms with van der Waals surface area (Å²) in [6.07, 6.45) is 0. The monoisotopic (exact) mass is 267 g/mol. The molecule has 3 nitrogen and oxygen atoms in total. The van der Waals surface area contributed by atoms with E-state index in [0.29, 0.717) is 6.04 Å². The molecule has 1 heterocycles. The van der Waals surface area contributed by atoms with Gasteiger partial charge < -0.3 is 10.2 Å². The van der Waals surface area contributed by atoms with Crippen molar-refractivity contribution in [2.45, 2.75) is 13.0 Å². The summed E-state index contributed by atoms with van der Waals surface area (Å²) in [6, 6.07) is 8.70. The Kier molecular flexibility index (Phi) is 4.87. The molecule has 1 saturated heterocycles. The Labute approximate surface area is 115 Å². The molecule has 0 spiro atoms. The fraction of sp³-hybridized carbons (Fsp3) is 0.571. The molecule has 2 rings (SSSR count). The van der Waals surface area contributed by atoms with Gasteiger partial charge in [-0.1, -0.05) is 11.6 Å². The van der Waals surface area contributed by atoms with Gasteiger partial charge in [-0.2, -0.15) is 0 Å². The van der Waals surface area contributed by atoms with Gasteiger partial charge in [-0.3, -0.25) is 4.90 Å². The Morgan fingerprint density at radius 3 is 2.33 bits per heavy atom. The molecular weight excluding hydrogens is 246 g/mol. The van der Waals surface area contributed by atoms with Crippen molar-refractivity contribution < 1.29 is 0 Å². The molecule has 100 valence electrons. The third-order valence-corrected chi connectivity index (χ3v) is 3.84. The highest BCUT2D eigenvalue weighted by Gasteiger charge is 2.18. The summed E-state index contributed by atoms with van der Waals surface area (Å²) < 4.78 is 0. The summed E-state index contributed by atoms with van der Waals surface area (Å²) in [5.74, 6) is 0. The second-order valence-corrected chi connectivity index (χ2v) is 5.39. The third-order valence-electron chi connectivity index (χ3n) is 3.59. The summed E-state index contributed by atoms with van der Waals surface area (Å²) in [7, 11) is 2.02. The van der Waals surface area contributed by atoms with Crippen LogP contribution in [0, 0.1) is 0 Å². The van der Waals surface area contributed by atoms with Gasteiger partial charge >= 0.3 is 0 Å². The maximum Gasteiger partial charge on any atom is 0.0407 e. The molecular formula is C14H22ClN3. The van der Waals surface area contributed by atoms with Gasteiger partial charge in [0.05, 0.1) is 0 Å². The normalized spacial score (nSPS) is 18.9. The Bertz CT molecular complexity index is 358. The maximum atomic E-state index is 5.91. The molecule has 0 radical (unpaired) electrons. The Morgan fingerprint density at radius 2 is 1.78 bits per heavy atom. The van der Waals surface area contributed by atoms with Crippen LogP contribution < -0.4 is 10.2 Å². The highest BCUT2D eigenvalue weighted by molar-refractivity contribution is 6.30. The number of likely N-dealkylation sites (N-methyl/N-ethyl adjacent to an activating group) is 1. The van der Waals surface area contributed by atoms with Crippen molar-refractivity contribution in [2.24, 2.45) is 0 Å². The standard InChI is InChI=1S/C14H22ClN3/c1-12(16-2)11-17-7-9-18(10-8-17)14-5-3-13(15)4-6-14/h3-6,12,16H,7-11H2,1-2H3. The van der Waals surface area contributed by atoms with Gasteiger partial charge in [0.2, 0.25) is 0 Å². The van der Waals surface area contributed by atoms with Crippen LogP contribution in [0.3, 0.4) is 0 Å². The Hall–Kier alpha value is -0.770. The molecule has 18 heavy (non-hydrogen) atoms. The molecule has 1 aliphatic rings. The number of halogens is 1. The highest BCUT2D eigenvalue weighted by atomic mass is 35.5. The number of rotatable bonds is 4. The van der Waals surface area contributed by atoms with E-state index in [1.165, 1.54) is 5.69 Å². The second kappa shape index (κ2) is 6.41. The van der Waals surface area contributed by atoms with E-state index in [9.17, 15) is 0 Å². The Morgan fingerprint density at radius 1 is 1.17 bits per heavy atom. The van der Waals surface area contributed by atoms with Crippen molar-refractivity contribution in [3.63, 3.8) is 0 Å². The Balaban J connectivity index is 1.84. The first kappa shape index (κ1) is 13.7. The molecule has 0 aromatic heterocycles.